The molecule has 1 saturated heterocycles. The largest absolute Gasteiger partial charge is 0.497 e. The molecule has 3 aromatic rings. The van der Waals surface area contributed by atoms with Crippen LogP contribution >= 0.6 is 0 Å². The SMILES string of the molecule is COc1ccc(C(O[C@H]2CN(C(=O)OC(C)(C)C)C[C@H]2OS(C)(=O)=O)(c2ccccc2)c2ccc(OC)cc2)cc1. The maximum atomic E-state index is 13.0. The molecule has 1 heterocycles. The number of carbonyl (C=O) groups excluding carboxylic acids is 1. The topological polar surface area (TPSA) is 101 Å². The van der Waals surface area contributed by atoms with Crippen molar-refractivity contribution in [2.75, 3.05) is 33.6 Å². The van der Waals surface area contributed by atoms with Gasteiger partial charge in [-0.3, -0.25) is 4.18 Å². The third kappa shape index (κ3) is 7.19. The van der Waals surface area contributed by atoms with Crippen molar-refractivity contribution in [1.82, 2.24) is 4.90 Å². The molecular weight excluding hydrogens is 546 g/mol. The summed E-state index contributed by atoms with van der Waals surface area (Å²) in [6.07, 6.45) is -1.42. The van der Waals surface area contributed by atoms with Gasteiger partial charge in [0.05, 0.1) is 33.6 Å². The van der Waals surface area contributed by atoms with Crippen molar-refractivity contribution >= 4 is 16.2 Å². The van der Waals surface area contributed by atoms with Gasteiger partial charge in [0.1, 0.15) is 34.9 Å². The van der Waals surface area contributed by atoms with Crippen molar-refractivity contribution in [3.63, 3.8) is 0 Å². The van der Waals surface area contributed by atoms with Crippen LogP contribution in [0, 0.1) is 0 Å². The normalized spacial score (nSPS) is 17.8. The number of benzene rings is 3. The average Bonchev–Trinajstić information content (AvgIpc) is 3.32. The second kappa shape index (κ2) is 12.1. The maximum absolute atomic E-state index is 13.0. The fraction of sp³-hybridized carbons (Fsp3) is 0.387. The molecule has 4 rings (SSSR count). The first-order valence-electron chi connectivity index (χ1n) is 13.2. The lowest BCUT2D eigenvalue weighted by atomic mass is 9.79. The van der Waals surface area contributed by atoms with Gasteiger partial charge in [-0.15, -0.1) is 0 Å². The highest BCUT2D eigenvalue weighted by atomic mass is 32.2. The molecule has 1 fully saturated rings. The zero-order valence-electron chi connectivity index (χ0n) is 24.2. The van der Waals surface area contributed by atoms with Crippen LogP contribution in [0.5, 0.6) is 11.5 Å². The highest BCUT2D eigenvalue weighted by molar-refractivity contribution is 7.86. The van der Waals surface area contributed by atoms with Crippen molar-refractivity contribution in [2.24, 2.45) is 0 Å². The monoisotopic (exact) mass is 583 g/mol. The Morgan fingerprint density at radius 2 is 1.22 bits per heavy atom. The second-order valence-corrected chi connectivity index (χ2v) is 12.5. The van der Waals surface area contributed by atoms with Gasteiger partial charge in [-0.05, 0) is 61.7 Å². The summed E-state index contributed by atoms with van der Waals surface area (Å²) >= 11 is 0. The van der Waals surface area contributed by atoms with E-state index in [1.54, 1.807) is 35.0 Å². The summed E-state index contributed by atoms with van der Waals surface area (Å²) in [4.78, 5) is 14.5. The lowest BCUT2D eigenvalue weighted by molar-refractivity contribution is -0.0745. The Kier molecular flexibility index (Phi) is 8.96. The van der Waals surface area contributed by atoms with E-state index in [0.717, 1.165) is 22.9 Å². The Hall–Kier alpha value is -3.60. The summed E-state index contributed by atoms with van der Waals surface area (Å²) in [5.41, 5.74) is 0.368. The first kappa shape index (κ1) is 30.4. The first-order valence-corrected chi connectivity index (χ1v) is 15.0. The molecule has 0 aliphatic carbocycles. The molecule has 0 saturated carbocycles. The zero-order chi connectivity index (χ0) is 29.8. The van der Waals surface area contributed by atoms with E-state index in [2.05, 4.69) is 0 Å². The highest BCUT2D eigenvalue weighted by Gasteiger charge is 2.47. The van der Waals surface area contributed by atoms with Crippen LogP contribution in [0.3, 0.4) is 0 Å². The van der Waals surface area contributed by atoms with E-state index in [-0.39, 0.29) is 13.1 Å². The smallest absolute Gasteiger partial charge is 0.410 e. The van der Waals surface area contributed by atoms with Crippen LogP contribution in [0.2, 0.25) is 0 Å². The van der Waals surface area contributed by atoms with Gasteiger partial charge in [0, 0.05) is 0 Å². The van der Waals surface area contributed by atoms with Gasteiger partial charge in [0.25, 0.3) is 10.1 Å². The summed E-state index contributed by atoms with van der Waals surface area (Å²) in [5.74, 6) is 1.33. The average molecular weight is 584 g/mol. The molecule has 10 heteroatoms. The maximum Gasteiger partial charge on any atom is 0.410 e. The number of amides is 1. The minimum atomic E-state index is -3.88. The fourth-order valence-electron chi connectivity index (χ4n) is 4.91. The standard InChI is InChI=1S/C31H37NO8S/c1-30(2,3)39-29(33)32-20-27(28(21-32)40-41(6,34)35)38-31(22-10-8-7-9-11-22,23-12-16-25(36-4)17-13-23)24-14-18-26(37-5)19-15-24/h7-19,27-28H,20-21H2,1-6H3/t27-,28+/m0/s1. The Morgan fingerprint density at radius 1 is 0.756 bits per heavy atom. The second-order valence-electron chi connectivity index (χ2n) is 10.9. The Morgan fingerprint density at radius 3 is 1.66 bits per heavy atom. The van der Waals surface area contributed by atoms with Gasteiger partial charge in [-0.1, -0.05) is 54.6 Å². The first-order chi connectivity index (χ1) is 19.3. The van der Waals surface area contributed by atoms with Crippen molar-refractivity contribution < 1.29 is 36.3 Å². The van der Waals surface area contributed by atoms with Crippen molar-refractivity contribution in [3.05, 3.63) is 95.6 Å². The molecular formula is C31H37NO8S. The van der Waals surface area contributed by atoms with E-state index in [4.69, 9.17) is 23.1 Å². The van der Waals surface area contributed by atoms with Crippen LogP contribution in [0.25, 0.3) is 0 Å². The molecule has 0 aromatic heterocycles. The van der Waals surface area contributed by atoms with Crippen LogP contribution in [-0.2, 0) is 29.4 Å². The molecule has 0 unspecified atom stereocenters. The molecule has 3 aromatic carbocycles. The number of ether oxygens (including phenoxy) is 4. The quantitative estimate of drug-likeness (QED) is 0.257. The number of likely N-dealkylation sites (tertiary alicyclic amines) is 1. The molecule has 9 nitrogen and oxygen atoms in total. The molecule has 0 spiro atoms. The number of hydrogen-bond acceptors (Lipinski definition) is 8. The summed E-state index contributed by atoms with van der Waals surface area (Å²) in [5, 5.41) is 0. The number of hydrogen-bond donors (Lipinski definition) is 0. The van der Waals surface area contributed by atoms with Crippen LogP contribution in [0.15, 0.2) is 78.9 Å². The molecule has 1 aliphatic rings. The van der Waals surface area contributed by atoms with Crippen LogP contribution in [0.4, 0.5) is 4.79 Å². The number of nitrogens with zero attached hydrogens (tertiary/aromatic N) is 1. The predicted octanol–water partition coefficient (Wildman–Crippen LogP) is 4.98. The summed E-state index contributed by atoms with van der Waals surface area (Å²) in [7, 11) is -0.697. The van der Waals surface area contributed by atoms with Gasteiger partial charge in [-0.2, -0.15) is 8.42 Å². The minimum Gasteiger partial charge on any atom is -0.497 e. The van der Waals surface area contributed by atoms with Gasteiger partial charge >= 0.3 is 6.09 Å². The van der Waals surface area contributed by atoms with Gasteiger partial charge < -0.3 is 23.8 Å². The van der Waals surface area contributed by atoms with Crippen LogP contribution in [0.1, 0.15) is 37.5 Å². The van der Waals surface area contributed by atoms with Crippen LogP contribution in [-0.4, -0.2) is 70.8 Å². The van der Waals surface area contributed by atoms with E-state index in [0.29, 0.717) is 11.5 Å². The Bertz CT molecular complexity index is 1370. The van der Waals surface area contributed by atoms with Crippen molar-refractivity contribution in [3.8, 4) is 11.5 Å². The number of methoxy groups -OCH3 is 2. The number of rotatable bonds is 9. The molecule has 0 bridgehead atoms. The predicted molar refractivity (Wildman–Crippen MR) is 155 cm³/mol. The molecule has 1 amide bonds. The molecule has 41 heavy (non-hydrogen) atoms. The van der Waals surface area contributed by atoms with E-state index in [1.807, 2.05) is 78.9 Å². The zero-order valence-corrected chi connectivity index (χ0v) is 25.0. The van der Waals surface area contributed by atoms with E-state index in [1.165, 1.54) is 4.90 Å². The molecule has 2 atom stereocenters. The Labute approximate surface area is 242 Å². The molecule has 0 N–H and O–H groups in total. The highest BCUT2D eigenvalue weighted by Crippen LogP contribution is 2.44. The molecule has 0 radical (unpaired) electrons. The van der Waals surface area contributed by atoms with Gasteiger partial charge in [0.15, 0.2) is 0 Å². The van der Waals surface area contributed by atoms with E-state index >= 15 is 0 Å². The third-order valence-corrected chi connectivity index (χ3v) is 7.26. The van der Waals surface area contributed by atoms with Crippen molar-refractivity contribution in [2.45, 2.75) is 44.2 Å². The lowest BCUT2D eigenvalue weighted by Gasteiger charge is -2.39. The van der Waals surface area contributed by atoms with E-state index in [9.17, 15) is 13.2 Å². The van der Waals surface area contributed by atoms with Gasteiger partial charge in [0.2, 0.25) is 0 Å². The fourth-order valence-corrected chi connectivity index (χ4v) is 5.54. The summed E-state index contributed by atoms with van der Waals surface area (Å²) < 4.78 is 53.6. The summed E-state index contributed by atoms with van der Waals surface area (Å²) in [6, 6.07) is 24.6. The Balaban J connectivity index is 1.88. The molecule has 220 valence electrons. The van der Waals surface area contributed by atoms with Crippen LogP contribution < -0.4 is 9.47 Å². The van der Waals surface area contributed by atoms with Crippen molar-refractivity contribution in [1.29, 1.82) is 0 Å². The lowest BCUT2D eigenvalue weighted by Crippen LogP contribution is -2.42. The third-order valence-electron chi connectivity index (χ3n) is 6.67. The minimum absolute atomic E-state index is 0.0251. The van der Waals surface area contributed by atoms with E-state index < -0.39 is 39.6 Å². The summed E-state index contributed by atoms with van der Waals surface area (Å²) in [6.45, 7) is 5.34. The molecule has 1 aliphatic heterocycles. The van der Waals surface area contributed by atoms with Gasteiger partial charge in [-0.25, -0.2) is 4.79 Å². The number of carbonyl (C=O) groups is 1.